The Balaban J connectivity index is 1.89. The standard InChI is InChI=1S/C13H24N2O3/c1-2-3-5-11(14)12(16)15-7-4-6-13(10-15)17-8-9-18-13/h11H,2-10,14H2,1H3/t11-/m0/s1. The molecule has 0 bridgehead atoms. The first kappa shape index (κ1) is 13.8. The van der Waals surface area contributed by atoms with Crippen LogP contribution >= 0.6 is 0 Å². The SMILES string of the molecule is CCCC[C@H](N)C(=O)N1CCCC2(C1)OCCO2. The molecule has 2 aliphatic rings. The summed E-state index contributed by atoms with van der Waals surface area (Å²) in [5.74, 6) is -0.500. The number of hydrogen-bond acceptors (Lipinski definition) is 4. The first-order valence-corrected chi connectivity index (χ1v) is 6.99. The molecule has 0 aromatic carbocycles. The molecule has 2 rings (SSSR count). The van der Waals surface area contributed by atoms with Gasteiger partial charge in [0.15, 0.2) is 5.79 Å². The van der Waals surface area contributed by atoms with Crippen LogP contribution in [0.25, 0.3) is 0 Å². The van der Waals surface area contributed by atoms with E-state index in [2.05, 4.69) is 6.92 Å². The fourth-order valence-corrected chi connectivity index (χ4v) is 2.69. The Morgan fingerprint density at radius 2 is 2.17 bits per heavy atom. The molecular weight excluding hydrogens is 232 g/mol. The van der Waals surface area contributed by atoms with Gasteiger partial charge in [-0.15, -0.1) is 0 Å². The molecule has 18 heavy (non-hydrogen) atoms. The van der Waals surface area contributed by atoms with Crippen molar-refractivity contribution in [2.24, 2.45) is 5.73 Å². The van der Waals surface area contributed by atoms with Crippen LogP contribution in [-0.4, -0.2) is 48.9 Å². The number of amides is 1. The molecule has 2 heterocycles. The average molecular weight is 256 g/mol. The number of unbranched alkanes of at least 4 members (excludes halogenated alkanes) is 1. The van der Waals surface area contributed by atoms with Crippen LogP contribution in [0.2, 0.25) is 0 Å². The predicted molar refractivity (Wildman–Crippen MR) is 67.9 cm³/mol. The second-order valence-corrected chi connectivity index (χ2v) is 5.22. The maximum atomic E-state index is 12.2. The molecule has 0 radical (unpaired) electrons. The van der Waals surface area contributed by atoms with Crippen molar-refractivity contribution in [2.45, 2.75) is 50.9 Å². The molecule has 0 aliphatic carbocycles. The van der Waals surface area contributed by atoms with Crippen LogP contribution in [0.1, 0.15) is 39.0 Å². The van der Waals surface area contributed by atoms with Crippen molar-refractivity contribution in [3.8, 4) is 0 Å². The van der Waals surface area contributed by atoms with Gasteiger partial charge >= 0.3 is 0 Å². The van der Waals surface area contributed by atoms with E-state index in [1.165, 1.54) is 0 Å². The van der Waals surface area contributed by atoms with E-state index < -0.39 is 5.79 Å². The Labute approximate surface area is 109 Å². The Bertz CT molecular complexity index is 290. The molecule has 0 aromatic rings. The van der Waals surface area contributed by atoms with Gasteiger partial charge in [0, 0.05) is 13.0 Å². The van der Waals surface area contributed by atoms with Crippen molar-refractivity contribution < 1.29 is 14.3 Å². The third-order valence-corrected chi connectivity index (χ3v) is 3.73. The normalized spacial score (nSPS) is 24.4. The van der Waals surface area contributed by atoms with Crippen molar-refractivity contribution in [3.63, 3.8) is 0 Å². The minimum Gasteiger partial charge on any atom is -0.346 e. The summed E-state index contributed by atoms with van der Waals surface area (Å²) in [6, 6.07) is -0.374. The molecule has 5 heteroatoms. The number of rotatable bonds is 4. The van der Waals surface area contributed by atoms with Crippen LogP contribution in [0.15, 0.2) is 0 Å². The van der Waals surface area contributed by atoms with E-state index in [9.17, 15) is 4.79 Å². The molecule has 2 aliphatic heterocycles. The van der Waals surface area contributed by atoms with Gasteiger partial charge < -0.3 is 20.1 Å². The zero-order valence-electron chi connectivity index (χ0n) is 11.2. The number of nitrogens with two attached hydrogens (primary N) is 1. The molecule has 1 amide bonds. The number of likely N-dealkylation sites (tertiary alicyclic amines) is 1. The zero-order chi connectivity index (χ0) is 13.0. The third-order valence-electron chi connectivity index (χ3n) is 3.73. The zero-order valence-corrected chi connectivity index (χ0v) is 11.2. The van der Waals surface area contributed by atoms with Crippen molar-refractivity contribution in [1.29, 1.82) is 0 Å². The van der Waals surface area contributed by atoms with Gasteiger partial charge in [0.2, 0.25) is 5.91 Å². The van der Waals surface area contributed by atoms with Crippen LogP contribution in [0.4, 0.5) is 0 Å². The van der Waals surface area contributed by atoms with Crippen molar-refractivity contribution in [3.05, 3.63) is 0 Å². The fraction of sp³-hybridized carbons (Fsp3) is 0.923. The lowest BCUT2D eigenvalue weighted by Gasteiger charge is -2.39. The summed E-state index contributed by atoms with van der Waals surface area (Å²) in [4.78, 5) is 14.0. The number of hydrogen-bond donors (Lipinski definition) is 1. The lowest BCUT2D eigenvalue weighted by atomic mass is 10.0. The molecule has 2 N–H and O–H groups in total. The smallest absolute Gasteiger partial charge is 0.239 e. The van der Waals surface area contributed by atoms with Crippen LogP contribution in [-0.2, 0) is 14.3 Å². The second-order valence-electron chi connectivity index (χ2n) is 5.22. The highest BCUT2D eigenvalue weighted by Gasteiger charge is 2.42. The molecule has 5 nitrogen and oxygen atoms in total. The number of carbonyl (C=O) groups is 1. The minimum atomic E-state index is -0.543. The maximum Gasteiger partial charge on any atom is 0.239 e. The largest absolute Gasteiger partial charge is 0.346 e. The van der Waals surface area contributed by atoms with E-state index in [1.54, 1.807) is 0 Å². The predicted octanol–water partition coefficient (Wildman–Crippen LogP) is 0.869. The van der Waals surface area contributed by atoms with Crippen LogP contribution in [0.5, 0.6) is 0 Å². The summed E-state index contributed by atoms with van der Waals surface area (Å²) in [5.41, 5.74) is 5.95. The van der Waals surface area contributed by atoms with Gasteiger partial charge in [0.25, 0.3) is 0 Å². The molecule has 2 fully saturated rings. The molecule has 2 saturated heterocycles. The van der Waals surface area contributed by atoms with Gasteiger partial charge in [0.05, 0.1) is 25.8 Å². The first-order chi connectivity index (χ1) is 8.67. The summed E-state index contributed by atoms with van der Waals surface area (Å²) >= 11 is 0. The molecular formula is C13H24N2O3. The van der Waals surface area contributed by atoms with Crippen LogP contribution in [0, 0.1) is 0 Å². The van der Waals surface area contributed by atoms with E-state index >= 15 is 0 Å². The highest BCUT2D eigenvalue weighted by atomic mass is 16.7. The average Bonchev–Trinajstić information content (AvgIpc) is 2.83. The van der Waals surface area contributed by atoms with Gasteiger partial charge in [0.1, 0.15) is 0 Å². The van der Waals surface area contributed by atoms with Gasteiger partial charge in [-0.3, -0.25) is 4.79 Å². The van der Waals surface area contributed by atoms with Crippen molar-refractivity contribution >= 4 is 5.91 Å². The Hall–Kier alpha value is -0.650. The lowest BCUT2D eigenvalue weighted by Crippen LogP contribution is -2.54. The molecule has 0 unspecified atom stereocenters. The number of piperidine rings is 1. The topological polar surface area (TPSA) is 64.8 Å². The summed E-state index contributed by atoms with van der Waals surface area (Å²) in [6.07, 6.45) is 4.63. The number of ether oxygens (including phenoxy) is 2. The highest BCUT2D eigenvalue weighted by Crippen LogP contribution is 2.30. The fourth-order valence-electron chi connectivity index (χ4n) is 2.69. The molecule has 0 saturated carbocycles. The van der Waals surface area contributed by atoms with Crippen LogP contribution < -0.4 is 5.73 Å². The highest BCUT2D eigenvalue weighted by molar-refractivity contribution is 5.81. The second kappa shape index (κ2) is 5.99. The maximum absolute atomic E-state index is 12.2. The molecule has 0 aromatic heterocycles. The van der Waals surface area contributed by atoms with Gasteiger partial charge in [-0.05, 0) is 12.8 Å². The summed E-state index contributed by atoms with van der Waals surface area (Å²) in [6.45, 7) is 4.67. The van der Waals surface area contributed by atoms with E-state index in [1.807, 2.05) is 4.90 Å². The quantitative estimate of drug-likeness (QED) is 0.810. The van der Waals surface area contributed by atoms with Crippen LogP contribution in [0.3, 0.4) is 0 Å². The number of carbonyl (C=O) groups excluding carboxylic acids is 1. The molecule has 104 valence electrons. The Morgan fingerprint density at radius 3 is 2.83 bits per heavy atom. The van der Waals surface area contributed by atoms with E-state index in [4.69, 9.17) is 15.2 Å². The Morgan fingerprint density at radius 1 is 1.44 bits per heavy atom. The first-order valence-electron chi connectivity index (χ1n) is 6.99. The third kappa shape index (κ3) is 3.02. The van der Waals surface area contributed by atoms with Gasteiger partial charge in [-0.2, -0.15) is 0 Å². The molecule has 1 atom stereocenters. The Kier molecular flexibility index (Phi) is 4.59. The van der Waals surface area contributed by atoms with Gasteiger partial charge in [-0.25, -0.2) is 0 Å². The molecule has 1 spiro atoms. The van der Waals surface area contributed by atoms with Crippen molar-refractivity contribution in [1.82, 2.24) is 4.90 Å². The summed E-state index contributed by atoms with van der Waals surface area (Å²) in [7, 11) is 0. The summed E-state index contributed by atoms with van der Waals surface area (Å²) < 4.78 is 11.3. The monoisotopic (exact) mass is 256 g/mol. The summed E-state index contributed by atoms with van der Waals surface area (Å²) in [5, 5.41) is 0. The lowest BCUT2D eigenvalue weighted by molar-refractivity contribution is -0.193. The number of nitrogens with zero attached hydrogens (tertiary/aromatic N) is 1. The van der Waals surface area contributed by atoms with E-state index in [0.29, 0.717) is 19.8 Å². The van der Waals surface area contributed by atoms with Crippen molar-refractivity contribution in [2.75, 3.05) is 26.3 Å². The minimum absolute atomic E-state index is 0.0432. The van der Waals surface area contributed by atoms with E-state index in [0.717, 1.165) is 38.6 Å². The van der Waals surface area contributed by atoms with Gasteiger partial charge in [-0.1, -0.05) is 19.8 Å². The van der Waals surface area contributed by atoms with E-state index in [-0.39, 0.29) is 11.9 Å².